The number of hydrogen-bond acceptors (Lipinski definition) is 3. The van der Waals surface area contributed by atoms with Crippen LogP contribution in [-0.4, -0.2) is 62.2 Å². The van der Waals surface area contributed by atoms with Gasteiger partial charge < -0.3 is 15.1 Å². The molecule has 0 spiro atoms. The molecule has 0 bridgehead atoms. The maximum atomic E-state index is 3.77. The van der Waals surface area contributed by atoms with E-state index in [1.54, 1.807) is 0 Å². The van der Waals surface area contributed by atoms with Crippen molar-refractivity contribution >= 4 is 0 Å². The van der Waals surface area contributed by atoms with Gasteiger partial charge >= 0.3 is 0 Å². The molecule has 2 aliphatic heterocycles. The van der Waals surface area contributed by atoms with Gasteiger partial charge in [-0.1, -0.05) is 0 Å². The first kappa shape index (κ1) is 12.9. The van der Waals surface area contributed by atoms with E-state index >= 15 is 0 Å². The molecule has 2 saturated heterocycles. The molecule has 3 nitrogen and oxygen atoms in total. The SMILES string of the molecule is CN1CCC(CN2CCCNC(C3CC3)C2)CC1. The smallest absolute Gasteiger partial charge is 0.0223 e. The topological polar surface area (TPSA) is 18.5 Å². The second kappa shape index (κ2) is 5.89. The van der Waals surface area contributed by atoms with Gasteiger partial charge in [0.05, 0.1) is 0 Å². The molecule has 0 radical (unpaired) electrons. The molecule has 3 aliphatic rings. The van der Waals surface area contributed by atoms with Crippen LogP contribution in [-0.2, 0) is 0 Å². The molecule has 0 aromatic rings. The van der Waals surface area contributed by atoms with Crippen molar-refractivity contribution in [2.75, 3.05) is 46.3 Å². The molecule has 3 fully saturated rings. The van der Waals surface area contributed by atoms with Gasteiger partial charge in [0, 0.05) is 19.1 Å². The third kappa shape index (κ3) is 3.46. The van der Waals surface area contributed by atoms with Gasteiger partial charge in [-0.25, -0.2) is 0 Å². The average Bonchev–Trinajstić information content (AvgIpc) is 3.18. The van der Waals surface area contributed by atoms with Crippen molar-refractivity contribution in [1.82, 2.24) is 15.1 Å². The minimum absolute atomic E-state index is 0.804. The largest absolute Gasteiger partial charge is 0.312 e. The minimum atomic E-state index is 0.804. The molecule has 1 unspecified atom stereocenters. The first-order valence-corrected chi connectivity index (χ1v) is 7.95. The van der Waals surface area contributed by atoms with Crippen molar-refractivity contribution < 1.29 is 0 Å². The lowest BCUT2D eigenvalue weighted by Gasteiger charge is -2.33. The van der Waals surface area contributed by atoms with Gasteiger partial charge in [-0.15, -0.1) is 0 Å². The molecule has 1 N–H and O–H groups in total. The van der Waals surface area contributed by atoms with Crippen LogP contribution in [0.5, 0.6) is 0 Å². The van der Waals surface area contributed by atoms with E-state index in [1.165, 1.54) is 71.4 Å². The monoisotopic (exact) mass is 251 g/mol. The van der Waals surface area contributed by atoms with Crippen molar-refractivity contribution in [3.8, 4) is 0 Å². The highest BCUT2D eigenvalue weighted by Crippen LogP contribution is 2.33. The molecule has 1 saturated carbocycles. The lowest BCUT2D eigenvalue weighted by atomic mass is 9.96. The number of nitrogens with one attached hydrogen (secondary N) is 1. The van der Waals surface area contributed by atoms with Gasteiger partial charge in [-0.05, 0) is 77.2 Å². The highest BCUT2D eigenvalue weighted by Gasteiger charge is 2.33. The fourth-order valence-electron chi connectivity index (χ4n) is 3.61. The first-order valence-electron chi connectivity index (χ1n) is 7.95. The Labute approximate surface area is 112 Å². The van der Waals surface area contributed by atoms with Crippen LogP contribution in [0, 0.1) is 11.8 Å². The molecule has 3 heteroatoms. The van der Waals surface area contributed by atoms with Crippen LogP contribution in [0.2, 0.25) is 0 Å². The van der Waals surface area contributed by atoms with Crippen molar-refractivity contribution in [3.05, 3.63) is 0 Å². The van der Waals surface area contributed by atoms with E-state index in [2.05, 4.69) is 22.2 Å². The molecule has 3 rings (SSSR count). The van der Waals surface area contributed by atoms with Crippen LogP contribution < -0.4 is 5.32 Å². The maximum Gasteiger partial charge on any atom is 0.0223 e. The second-order valence-electron chi connectivity index (χ2n) is 6.76. The number of piperidine rings is 1. The van der Waals surface area contributed by atoms with Crippen LogP contribution in [0.25, 0.3) is 0 Å². The summed E-state index contributed by atoms with van der Waals surface area (Å²) >= 11 is 0. The number of nitrogens with zero attached hydrogens (tertiary/aromatic N) is 2. The molecular weight excluding hydrogens is 222 g/mol. The van der Waals surface area contributed by atoms with Gasteiger partial charge in [-0.3, -0.25) is 0 Å². The highest BCUT2D eigenvalue weighted by atomic mass is 15.2. The predicted octanol–water partition coefficient (Wildman–Crippen LogP) is 1.40. The molecular formula is C15H29N3. The van der Waals surface area contributed by atoms with E-state index in [4.69, 9.17) is 0 Å². The Kier molecular flexibility index (Phi) is 4.22. The quantitative estimate of drug-likeness (QED) is 0.818. The van der Waals surface area contributed by atoms with Gasteiger partial charge in [0.25, 0.3) is 0 Å². The highest BCUT2D eigenvalue weighted by molar-refractivity contribution is 4.90. The number of rotatable bonds is 3. The molecule has 0 aromatic heterocycles. The van der Waals surface area contributed by atoms with Crippen LogP contribution in [0.4, 0.5) is 0 Å². The van der Waals surface area contributed by atoms with E-state index in [1.807, 2.05) is 0 Å². The zero-order chi connectivity index (χ0) is 12.4. The Bertz CT molecular complexity index is 256. The second-order valence-corrected chi connectivity index (χ2v) is 6.76. The molecule has 18 heavy (non-hydrogen) atoms. The summed E-state index contributed by atoms with van der Waals surface area (Å²) in [5, 5.41) is 3.77. The summed E-state index contributed by atoms with van der Waals surface area (Å²) in [7, 11) is 2.26. The summed E-state index contributed by atoms with van der Waals surface area (Å²) in [6.07, 6.45) is 7.11. The van der Waals surface area contributed by atoms with E-state index in [9.17, 15) is 0 Å². The summed E-state index contributed by atoms with van der Waals surface area (Å²) in [6.45, 7) is 7.86. The summed E-state index contributed by atoms with van der Waals surface area (Å²) in [4.78, 5) is 5.24. The zero-order valence-electron chi connectivity index (χ0n) is 11.9. The Morgan fingerprint density at radius 1 is 1.06 bits per heavy atom. The minimum Gasteiger partial charge on any atom is -0.312 e. The van der Waals surface area contributed by atoms with Gasteiger partial charge in [0.1, 0.15) is 0 Å². The van der Waals surface area contributed by atoms with Crippen molar-refractivity contribution in [1.29, 1.82) is 0 Å². The van der Waals surface area contributed by atoms with E-state index in [0.717, 1.165) is 17.9 Å². The first-order chi connectivity index (χ1) is 8.81. The molecule has 104 valence electrons. The third-order valence-electron chi connectivity index (χ3n) is 5.06. The van der Waals surface area contributed by atoms with Crippen LogP contribution >= 0.6 is 0 Å². The van der Waals surface area contributed by atoms with Crippen LogP contribution in [0.1, 0.15) is 32.1 Å². The average molecular weight is 251 g/mol. The molecule has 1 atom stereocenters. The van der Waals surface area contributed by atoms with Gasteiger partial charge in [0.15, 0.2) is 0 Å². The lowest BCUT2D eigenvalue weighted by Crippen LogP contribution is -2.42. The van der Waals surface area contributed by atoms with E-state index in [-0.39, 0.29) is 0 Å². The molecule has 2 heterocycles. The van der Waals surface area contributed by atoms with Crippen molar-refractivity contribution in [2.45, 2.75) is 38.1 Å². The molecule has 0 aromatic carbocycles. The maximum absolute atomic E-state index is 3.77. The van der Waals surface area contributed by atoms with Gasteiger partial charge in [-0.2, -0.15) is 0 Å². The fourth-order valence-corrected chi connectivity index (χ4v) is 3.61. The Hall–Kier alpha value is -0.120. The Balaban J connectivity index is 1.48. The van der Waals surface area contributed by atoms with E-state index in [0.29, 0.717) is 0 Å². The molecule has 0 amide bonds. The third-order valence-corrected chi connectivity index (χ3v) is 5.06. The summed E-state index contributed by atoms with van der Waals surface area (Å²) in [5.41, 5.74) is 0. The fraction of sp³-hybridized carbons (Fsp3) is 1.00. The number of hydrogen-bond donors (Lipinski definition) is 1. The number of likely N-dealkylation sites (tertiary alicyclic amines) is 1. The van der Waals surface area contributed by atoms with Crippen LogP contribution in [0.3, 0.4) is 0 Å². The molecule has 1 aliphatic carbocycles. The lowest BCUT2D eigenvalue weighted by molar-refractivity contribution is 0.157. The zero-order valence-corrected chi connectivity index (χ0v) is 11.9. The summed E-state index contributed by atoms with van der Waals surface area (Å²) < 4.78 is 0. The van der Waals surface area contributed by atoms with E-state index < -0.39 is 0 Å². The summed E-state index contributed by atoms with van der Waals surface area (Å²) in [6, 6.07) is 0.804. The normalized spacial score (nSPS) is 33.5. The van der Waals surface area contributed by atoms with Crippen LogP contribution in [0.15, 0.2) is 0 Å². The summed E-state index contributed by atoms with van der Waals surface area (Å²) in [5.74, 6) is 1.96. The Morgan fingerprint density at radius 2 is 1.83 bits per heavy atom. The standard InChI is InChI=1S/C15H29N3/c1-17-9-5-13(6-10-17)11-18-8-2-7-16-15(12-18)14-3-4-14/h13-16H,2-12H2,1H3. The van der Waals surface area contributed by atoms with Crippen molar-refractivity contribution in [3.63, 3.8) is 0 Å². The Morgan fingerprint density at radius 3 is 2.56 bits per heavy atom. The predicted molar refractivity (Wildman–Crippen MR) is 75.8 cm³/mol. The van der Waals surface area contributed by atoms with Crippen molar-refractivity contribution in [2.24, 2.45) is 11.8 Å². The van der Waals surface area contributed by atoms with Gasteiger partial charge in [0.2, 0.25) is 0 Å².